The van der Waals surface area contributed by atoms with Crippen molar-refractivity contribution in [3.05, 3.63) is 111 Å². The molecule has 4 rings (SSSR count). The minimum atomic E-state index is -0.949. The van der Waals surface area contributed by atoms with Gasteiger partial charge in [0.25, 0.3) is 0 Å². The molecule has 5 nitrogen and oxygen atoms in total. The Morgan fingerprint density at radius 1 is 0.969 bits per heavy atom. The van der Waals surface area contributed by atoms with Crippen LogP contribution < -0.4 is 10.4 Å². The Hall–Kier alpha value is -3.86. The highest BCUT2D eigenvalue weighted by Crippen LogP contribution is 2.34. The smallest absolute Gasteiger partial charge is 0.351 e. The Morgan fingerprint density at radius 3 is 2.28 bits per heavy atom. The lowest BCUT2D eigenvalue weighted by Gasteiger charge is -2.20. The molecule has 0 saturated carbocycles. The van der Waals surface area contributed by atoms with Gasteiger partial charge in [-0.2, -0.15) is 0 Å². The van der Waals surface area contributed by atoms with E-state index in [0.717, 1.165) is 16.7 Å². The lowest BCUT2D eigenvalue weighted by Crippen LogP contribution is -2.20. The van der Waals surface area contributed by atoms with Crippen LogP contribution in [0.25, 0.3) is 11.0 Å². The molecule has 1 heterocycles. The molecule has 32 heavy (non-hydrogen) atoms. The Bertz CT molecular complexity index is 1310. The zero-order chi connectivity index (χ0) is 22.7. The molecule has 0 bridgehead atoms. The van der Waals surface area contributed by atoms with Crippen LogP contribution in [0.1, 0.15) is 33.9 Å². The van der Waals surface area contributed by atoms with Crippen molar-refractivity contribution in [1.29, 1.82) is 0 Å². The van der Waals surface area contributed by atoms with Crippen molar-refractivity contribution in [3.63, 3.8) is 0 Å². The normalized spacial score (nSPS) is 11.8. The molecule has 0 radical (unpaired) electrons. The van der Waals surface area contributed by atoms with Crippen LogP contribution in [0.2, 0.25) is 0 Å². The first-order valence-electron chi connectivity index (χ1n) is 10.4. The average molecular weight is 428 g/mol. The van der Waals surface area contributed by atoms with Crippen molar-refractivity contribution in [2.45, 2.75) is 26.4 Å². The third kappa shape index (κ3) is 4.28. The van der Waals surface area contributed by atoms with Crippen molar-refractivity contribution in [1.82, 2.24) is 0 Å². The number of esters is 1. The molecule has 0 N–H and O–H groups in total. The van der Waals surface area contributed by atoms with Crippen LogP contribution in [0, 0.1) is 13.8 Å². The average Bonchev–Trinajstić information content (AvgIpc) is 2.80. The van der Waals surface area contributed by atoms with E-state index in [4.69, 9.17) is 13.9 Å². The topological polar surface area (TPSA) is 65.7 Å². The van der Waals surface area contributed by atoms with Gasteiger partial charge >= 0.3 is 11.6 Å². The molecule has 4 aromatic rings. The molecular weight excluding hydrogens is 404 g/mol. The van der Waals surface area contributed by atoms with Crippen LogP contribution in [0.15, 0.2) is 82.0 Å². The van der Waals surface area contributed by atoms with Gasteiger partial charge in [0.15, 0.2) is 0 Å². The molecule has 162 valence electrons. The van der Waals surface area contributed by atoms with Crippen LogP contribution in [0.3, 0.4) is 0 Å². The third-order valence-corrected chi connectivity index (χ3v) is 5.47. The number of fused-ring (bicyclic) bond motifs is 1. The predicted molar refractivity (Wildman–Crippen MR) is 123 cm³/mol. The van der Waals surface area contributed by atoms with E-state index in [0.29, 0.717) is 34.3 Å². The van der Waals surface area contributed by atoms with Crippen LogP contribution in [0.4, 0.5) is 0 Å². The number of hydrogen-bond acceptors (Lipinski definition) is 5. The molecule has 0 amide bonds. The zero-order valence-electron chi connectivity index (χ0n) is 18.3. The highest BCUT2D eigenvalue weighted by molar-refractivity contribution is 5.89. The summed E-state index contributed by atoms with van der Waals surface area (Å²) >= 11 is 0. The van der Waals surface area contributed by atoms with E-state index in [2.05, 4.69) is 0 Å². The molecule has 0 spiro atoms. The second kappa shape index (κ2) is 9.10. The molecule has 5 heteroatoms. The van der Waals surface area contributed by atoms with Crippen LogP contribution >= 0.6 is 0 Å². The quantitative estimate of drug-likeness (QED) is 0.308. The summed E-state index contributed by atoms with van der Waals surface area (Å²) in [7, 11) is 1.33. The Morgan fingerprint density at radius 2 is 1.62 bits per heavy atom. The maximum absolute atomic E-state index is 12.8. The number of aryl methyl sites for hydroxylation is 2. The van der Waals surface area contributed by atoms with E-state index in [-0.39, 0.29) is 5.63 Å². The van der Waals surface area contributed by atoms with Gasteiger partial charge in [-0.1, -0.05) is 60.7 Å². The molecule has 1 aromatic heterocycles. The standard InChI is InChI=1S/C27H24O5/c1-17-14-22(31-25(27(29)30-3)20-12-8-5-9-13-20)24-18(2)21(26(28)32-23(24)15-17)16-19-10-6-4-7-11-19/h4-15,25H,16H2,1-3H3. The van der Waals surface area contributed by atoms with Gasteiger partial charge in [0.1, 0.15) is 11.3 Å². The molecule has 0 fully saturated rings. The van der Waals surface area contributed by atoms with Gasteiger partial charge < -0.3 is 13.9 Å². The highest BCUT2D eigenvalue weighted by atomic mass is 16.6. The van der Waals surface area contributed by atoms with Crippen LogP contribution in [-0.2, 0) is 16.0 Å². The number of hydrogen-bond donors (Lipinski definition) is 0. The van der Waals surface area contributed by atoms with E-state index < -0.39 is 12.1 Å². The SMILES string of the molecule is COC(=O)C(Oc1cc(C)cc2oc(=O)c(Cc3ccccc3)c(C)c12)c1ccccc1. The Kier molecular flexibility index (Phi) is 6.08. The molecule has 1 atom stereocenters. The van der Waals surface area contributed by atoms with Gasteiger partial charge in [-0.15, -0.1) is 0 Å². The van der Waals surface area contributed by atoms with Crippen LogP contribution in [-0.4, -0.2) is 13.1 Å². The summed E-state index contributed by atoms with van der Waals surface area (Å²) in [5.74, 6) is -0.0415. The summed E-state index contributed by atoms with van der Waals surface area (Å²) in [6.45, 7) is 3.77. The van der Waals surface area contributed by atoms with E-state index in [1.807, 2.05) is 80.6 Å². The number of benzene rings is 3. The van der Waals surface area contributed by atoms with Gasteiger partial charge in [-0.25, -0.2) is 9.59 Å². The summed E-state index contributed by atoms with van der Waals surface area (Å²) in [6, 6.07) is 22.6. The number of rotatable bonds is 6. The number of methoxy groups -OCH3 is 1. The number of carbonyl (C=O) groups excluding carboxylic acids is 1. The first kappa shape index (κ1) is 21.4. The van der Waals surface area contributed by atoms with Crippen molar-refractivity contribution in [2.24, 2.45) is 0 Å². The fourth-order valence-electron chi connectivity index (χ4n) is 3.85. The molecule has 0 aliphatic rings. The van der Waals surface area contributed by atoms with Gasteiger partial charge in [-0.05, 0) is 42.7 Å². The Labute approximate surface area is 186 Å². The lowest BCUT2D eigenvalue weighted by atomic mass is 9.98. The first-order chi connectivity index (χ1) is 15.5. The fraction of sp³-hybridized carbons (Fsp3) is 0.185. The second-order valence-corrected chi connectivity index (χ2v) is 7.72. The summed E-state index contributed by atoms with van der Waals surface area (Å²) in [5, 5.41) is 0.672. The van der Waals surface area contributed by atoms with E-state index in [1.54, 1.807) is 6.07 Å². The molecular formula is C27H24O5. The summed E-state index contributed by atoms with van der Waals surface area (Å²) in [6.07, 6.45) is -0.507. The maximum atomic E-state index is 12.8. The predicted octanol–water partition coefficient (Wildman–Crippen LogP) is 5.29. The van der Waals surface area contributed by atoms with Crippen LogP contribution in [0.5, 0.6) is 5.75 Å². The second-order valence-electron chi connectivity index (χ2n) is 7.72. The summed E-state index contributed by atoms with van der Waals surface area (Å²) < 4.78 is 16.9. The molecule has 1 unspecified atom stereocenters. The van der Waals surface area contributed by atoms with Gasteiger partial charge in [-0.3, -0.25) is 0 Å². The molecule has 0 aliphatic heterocycles. The summed E-state index contributed by atoms with van der Waals surface area (Å²) in [5.41, 5.74) is 3.92. The largest absolute Gasteiger partial charge is 0.473 e. The molecule has 3 aromatic carbocycles. The minimum Gasteiger partial charge on any atom is -0.473 e. The highest BCUT2D eigenvalue weighted by Gasteiger charge is 2.26. The number of carbonyl (C=O) groups is 1. The van der Waals surface area contributed by atoms with E-state index in [1.165, 1.54) is 7.11 Å². The van der Waals surface area contributed by atoms with Gasteiger partial charge in [0.2, 0.25) is 6.10 Å². The maximum Gasteiger partial charge on any atom is 0.351 e. The van der Waals surface area contributed by atoms with E-state index in [9.17, 15) is 9.59 Å². The molecule has 0 aliphatic carbocycles. The molecule has 0 saturated heterocycles. The van der Waals surface area contributed by atoms with Gasteiger partial charge in [0.05, 0.1) is 12.5 Å². The monoisotopic (exact) mass is 428 g/mol. The summed E-state index contributed by atoms with van der Waals surface area (Å²) in [4.78, 5) is 25.4. The van der Waals surface area contributed by atoms with Crippen molar-refractivity contribution < 1.29 is 18.7 Å². The first-order valence-corrected chi connectivity index (χ1v) is 10.4. The third-order valence-electron chi connectivity index (χ3n) is 5.47. The van der Waals surface area contributed by atoms with Gasteiger partial charge in [0, 0.05) is 17.5 Å². The fourth-order valence-corrected chi connectivity index (χ4v) is 3.85. The number of ether oxygens (including phenoxy) is 2. The Balaban J connectivity index is 1.86. The minimum absolute atomic E-state index is 0.372. The van der Waals surface area contributed by atoms with E-state index >= 15 is 0 Å². The van der Waals surface area contributed by atoms with Crippen molar-refractivity contribution >= 4 is 16.9 Å². The lowest BCUT2D eigenvalue weighted by molar-refractivity contribution is -0.149. The van der Waals surface area contributed by atoms with Crippen molar-refractivity contribution in [3.8, 4) is 5.75 Å². The zero-order valence-corrected chi connectivity index (χ0v) is 18.3. The van der Waals surface area contributed by atoms with Crippen molar-refractivity contribution in [2.75, 3.05) is 7.11 Å².